The Morgan fingerprint density at radius 3 is 2.93 bits per heavy atom. The molecule has 1 rings (SSSR count). The summed E-state index contributed by atoms with van der Waals surface area (Å²) in [4.78, 5) is 0. The van der Waals surface area contributed by atoms with Crippen molar-refractivity contribution in [1.29, 1.82) is 5.26 Å². The average molecular weight is 275 g/mol. The quantitative estimate of drug-likeness (QED) is 0.793. The lowest BCUT2D eigenvalue weighted by Crippen LogP contribution is -2.09. The van der Waals surface area contributed by atoms with E-state index in [4.69, 9.17) is 21.6 Å². The molecule has 0 saturated carbocycles. The van der Waals surface area contributed by atoms with E-state index >= 15 is 0 Å². The Labute approximate surface area is 96.6 Å². The van der Waals surface area contributed by atoms with Gasteiger partial charge in [0.05, 0.1) is 10.5 Å². The lowest BCUT2D eigenvalue weighted by molar-refractivity contribution is 0.327. The van der Waals surface area contributed by atoms with Gasteiger partial charge in [0.2, 0.25) is 0 Å². The smallest absolute Gasteiger partial charge is 0.154 e. The molecule has 0 heterocycles. The van der Waals surface area contributed by atoms with Gasteiger partial charge in [0, 0.05) is 0 Å². The Hall–Kier alpha value is -0.720. The number of hydrogen-bond acceptors (Lipinski definition) is 2. The molecule has 0 amide bonds. The van der Waals surface area contributed by atoms with Crippen molar-refractivity contribution in [2.24, 2.45) is 0 Å². The highest BCUT2D eigenvalue weighted by atomic mass is 79.9. The number of aryl methyl sites for hydroxylation is 1. The zero-order valence-corrected chi connectivity index (χ0v) is 9.97. The zero-order valence-electron chi connectivity index (χ0n) is 7.63. The van der Waals surface area contributed by atoms with Crippen LogP contribution in [0.3, 0.4) is 0 Å². The summed E-state index contributed by atoms with van der Waals surface area (Å²) in [6.07, 6.45) is 0. The second kappa shape index (κ2) is 5.23. The Balaban J connectivity index is 2.64. The molecule has 0 aliphatic heterocycles. The zero-order chi connectivity index (χ0) is 10.6. The van der Waals surface area contributed by atoms with Gasteiger partial charge in [-0.2, -0.15) is 5.26 Å². The molecule has 0 bridgehead atoms. The van der Waals surface area contributed by atoms with Gasteiger partial charge in [-0.15, -0.1) is 11.6 Å². The van der Waals surface area contributed by atoms with Crippen molar-refractivity contribution in [3.8, 4) is 11.8 Å². The molecular weight excluding hydrogens is 265 g/mol. The molecule has 0 aromatic heterocycles. The van der Waals surface area contributed by atoms with E-state index in [1.165, 1.54) is 0 Å². The standard InChI is InChI=1S/C10H9BrClNO/c1-7-2-3-10(9(11)4-7)14-6-8(12)5-13/h2-4,8H,6H2,1H3. The number of rotatable bonds is 3. The molecule has 0 aliphatic rings. The van der Waals surface area contributed by atoms with E-state index in [2.05, 4.69) is 15.9 Å². The van der Waals surface area contributed by atoms with Gasteiger partial charge in [0.25, 0.3) is 0 Å². The van der Waals surface area contributed by atoms with Crippen LogP contribution in [0.2, 0.25) is 0 Å². The molecule has 1 atom stereocenters. The highest BCUT2D eigenvalue weighted by Gasteiger charge is 2.05. The third kappa shape index (κ3) is 3.21. The van der Waals surface area contributed by atoms with Crippen LogP contribution in [-0.4, -0.2) is 12.0 Å². The topological polar surface area (TPSA) is 33.0 Å². The van der Waals surface area contributed by atoms with E-state index in [0.29, 0.717) is 5.75 Å². The third-order valence-corrected chi connectivity index (χ3v) is 2.46. The summed E-state index contributed by atoms with van der Waals surface area (Å²) in [6, 6.07) is 7.63. The van der Waals surface area contributed by atoms with Crippen molar-refractivity contribution in [3.63, 3.8) is 0 Å². The van der Waals surface area contributed by atoms with Gasteiger partial charge in [0.15, 0.2) is 5.38 Å². The molecule has 2 nitrogen and oxygen atoms in total. The van der Waals surface area contributed by atoms with Gasteiger partial charge in [-0.3, -0.25) is 0 Å². The molecular formula is C10H9BrClNO. The first kappa shape index (κ1) is 11.4. The first-order chi connectivity index (χ1) is 6.63. The molecule has 0 N–H and O–H groups in total. The van der Waals surface area contributed by atoms with E-state index in [0.717, 1.165) is 10.0 Å². The summed E-state index contributed by atoms with van der Waals surface area (Å²) in [6.45, 7) is 2.19. The van der Waals surface area contributed by atoms with E-state index in [1.807, 2.05) is 31.2 Å². The van der Waals surface area contributed by atoms with Gasteiger partial charge in [-0.05, 0) is 40.5 Å². The van der Waals surface area contributed by atoms with Crippen molar-refractivity contribution in [3.05, 3.63) is 28.2 Å². The van der Waals surface area contributed by atoms with Crippen LogP contribution in [0.15, 0.2) is 22.7 Å². The highest BCUT2D eigenvalue weighted by Crippen LogP contribution is 2.25. The summed E-state index contributed by atoms with van der Waals surface area (Å²) < 4.78 is 6.22. The minimum absolute atomic E-state index is 0.194. The fraction of sp³-hybridized carbons (Fsp3) is 0.300. The fourth-order valence-electron chi connectivity index (χ4n) is 0.923. The maximum Gasteiger partial charge on any atom is 0.154 e. The molecule has 0 spiro atoms. The van der Waals surface area contributed by atoms with E-state index < -0.39 is 5.38 Å². The van der Waals surface area contributed by atoms with Crippen molar-refractivity contribution in [2.45, 2.75) is 12.3 Å². The minimum atomic E-state index is -0.608. The molecule has 0 fully saturated rings. The Morgan fingerprint density at radius 1 is 1.64 bits per heavy atom. The highest BCUT2D eigenvalue weighted by molar-refractivity contribution is 9.10. The molecule has 1 aromatic rings. The van der Waals surface area contributed by atoms with Crippen LogP contribution < -0.4 is 4.74 Å². The van der Waals surface area contributed by atoms with Crippen LogP contribution in [-0.2, 0) is 0 Å². The van der Waals surface area contributed by atoms with Gasteiger partial charge < -0.3 is 4.74 Å². The summed E-state index contributed by atoms with van der Waals surface area (Å²) in [7, 11) is 0. The summed E-state index contributed by atoms with van der Waals surface area (Å²) in [5, 5.41) is 7.84. The van der Waals surface area contributed by atoms with Gasteiger partial charge in [-0.1, -0.05) is 6.07 Å². The normalized spacial score (nSPS) is 11.9. The van der Waals surface area contributed by atoms with Crippen molar-refractivity contribution >= 4 is 27.5 Å². The van der Waals surface area contributed by atoms with Crippen LogP contribution in [0, 0.1) is 18.3 Å². The second-order valence-corrected chi connectivity index (χ2v) is 4.22. The van der Waals surface area contributed by atoms with Crippen molar-refractivity contribution < 1.29 is 4.74 Å². The largest absolute Gasteiger partial charge is 0.490 e. The summed E-state index contributed by atoms with van der Waals surface area (Å²) in [5.41, 5.74) is 1.15. The summed E-state index contributed by atoms with van der Waals surface area (Å²) in [5.74, 6) is 0.705. The Bertz CT molecular complexity index is 362. The lowest BCUT2D eigenvalue weighted by Gasteiger charge is -2.08. The number of ether oxygens (including phenoxy) is 1. The molecule has 74 valence electrons. The second-order valence-electron chi connectivity index (χ2n) is 2.84. The maximum absolute atomic E-state index is 8.45. The summed E-state index contributed by atoms with van der Waals surface area (Å²) >= 11 is 8.97. The van der Waals surface area contributed by atoms with Crippen LogP contribution in [0.5, 0.6) is 5.75 Å². The van der Waals surface area contributed by atoms with E-state index in [-0.39, 0.29) is 6.61 Å². The van der Waals surface area contributed by atoms with E-state index in [1.54, 1.807) is 0 Å². The van der Waals surface area contributed by atoms with Crippen LogP contribution in [0.1, 0.15) is 5.56 Å². The SMILES string of the molecule is Cc1ccc(OCC(Cl)C#N)c(Br)c1. The van der Waals surface area contributed by atoms with Crippen LogP contribution in [0.4, 0.5) is 0 Å². The number of hydrogen-bond donors (Lipinski definition) is 0. The van der Waals surface area contributed by atoms with Gasteiger partial charge in [0.1, 0.15) is 12.4 Å². The maximum atomic E-state index is 8.45. The lowest BCUT2D eigenvalue weighted by atomic mass is 10.2. The van der Waals surface area contributed by atoms with Gasteiger partial charge in [-0.25, -0.2) is 0 Å². The average Bonchev–Trinajstić information content (AvgIpc) is 2.16. The van der Waals surface area contributed by atoms with Crippen LogP contribution >= 0.6 is 27.5 Å². The molecule has 0 saturated heterocycles. The molecule has 1 aromatic carbocycles. The first-order valence-electron chi connectivity index (χ1n) is 4.06. The number of nitriles is 1. The Kier molecular flexibility index (Phi) is 4.24. The monoisotopic (exact) mass is 273 g/mol. The van der Waals surface area contributed by atoms with Crippen LogP contribution in [0.25, 0.3) is 0 Å². The number of benzene rings is 1. The molecule has 0 radical (unpaired) electrons. The third-order valence-electron chi connectivity index (χ3n) is 1.61. The molecule has 0 aliphatic carbocycles. The number of nitrogens with zero attached hydrogens (tertiary/aromatic N) is 1. The molecule has 14 heavy (non-hydrogen) atoms. The number of alkyl halides is 1. The van der Waals surface area contributed by atoms with Crippen molar-refractivity contribution in [1.82, 2.24) is 0 Å². The molecule has 4 heteroatoms. The molecule has 1 unspecified atom stereocenters. The van der Waals surface area contributed by atoms with Gasteiger partial charge >= 0.3 is 0 Å². The fourth-order valence-corrected chi connectivity index (χ4v) is 1.59. The minimum Gasteiger partial charge on any atom is -0.490 e. The predicted octanol–water partition coefficient (Wildman–Crippen LogP) is 3.27. The first-order valence-corrected chi connectivity index (χ1v) is 5.29. The predicted molar refractivity (Wildman–Crippen MR) is 59.6 cm³/mol. The number of halogens is 2. The Morgan fingerprint density at radius 2 is 2.36 bits per heavy atom. The van der Waals surface area contributed by atoms with E-state index in [9.17, 15) is 0 Å². The van der Waals surface area contributed by atoms with Crippen molar-refractivity contribution in [2.75, 3.05) is 6.61 Å².